The fourth-order valence-electron chi connectivity index (χ4n) is 1.74. The lowest BCUT2D eigenvalue weighted by molar-refractivity contribution is 0.262. The van der Waals surface area contributed by atoms with Crippen LogP contribution in [0, 0.1) is 6.92 Å². The van der Waals surface area contributed by atoms with E-state index in [0.29, 0.717) is 22.1 Å². The van der Waals surface area contributed by atoms with Crippen molar-refractivity contribution in [1.82, 2.24) is 0 Å². The van der Waals surface area contributed by atoms with E-state index in [1.165, 1.54) is 0 Å². The highest BCUT2D eigenvalue weighted by atomic mass is 35.5. The van der Waals surface area contributed by atoms with Gasteiger partial charge in [-0.05, 0) is 36.8 Å². The molecule has 0 aliphatic heterocycles. The highest BCUT2D eigenvalue weighted by Crippen LogP contribution is 2.26. The lowest BCUT2D eigenvalue weighted by Crippen LogP contribution is -2.20. The van der Waals surface area contributed by atoms with Crippen molar-refractivity contribution in [2.75, 3.05) is 17.7 Å². The molecule has 0 radical (unpaired) electrons. The van der Waals surface area contributed by atoms with Crippen LogP contribution in [0.1, 0.15) is 5.56 Å². The van der Waals surface area contributed by atoms with Gasteiger partial charge in [0.05, 0.1) is 23.5 Å². The Labute approximate surface area is 122 Å². The van der Waals surface area contributed by atoms with E-state index in [1.54, 1.807) is 37.4 Å². The summed E-state index contributed by atoms with van der Waals surface area (Å²) in [6, 6.07) is 12.2. The maximum atomic E-state index is 12.0. The zero-order chi connectivity index (χ0) is 14.5. The second-order valence-corrected chi connectivity index (χ2v) is 4.67. The normalized spacial score (nSPS) is 9.95. The number of anilines is 2. The Morgan fingerprint density at radius 3 is 2.50 bits per heavy atom. The number of carbonyl (C=O) groups is 1. The third kappa shape index (κ3) is 3.42. The van der Waals surface area contributed by atoms with Gasteiger partial charge in [0.25, 0.3) is 0 Å². The van der Waals surface area contributed by atoms with Crippen LogP contribution in [0.5, 0.6) is 5.75 Å². The number of methoxy groups -OCH3 is 1. The summed E-state index contributed by atoms with van der Waals surface area (Å²) in [7, 11) is 1.56. The predicted octanol–water partition coefficient (Wildman–Crippen LogP) is 4.30. The van der Waals surface area contributed by atoms with Crippen LogP contribution in [0.4, 0.5) is 16.2 Å². The largest absolute Gasteiger partial charge is 0.495 e. The van der Waals surface area contributed by atoms with Gasteiger partial charge in [0.2, 0.25) is 0 Å². The number of halogens is 1. The molecule has 2 amide bonds. The highest BCUT2D eigenvalue weighted by molar-refractivity contribution is 6.33. The molecule has 5 heteroatoms. The molecule has 0 aliphatic carbocycles. The molecule has 0 aromatic heterocycles. The van der Waals surface area contributed by atoms with Crippen molar-refractivity contribution in [3.63, 3.8) is 0 Å². The van der Waals surface area contributed by atoms with Crippen molar-refractivity contribution in [3.8, 4) is 5.75 Å². The molecule has 2 N–H and O–H groups in total. The fraction of sp³-hybridized carbons (Fsp3) is 0.133. The van der Waals surface area contributed by atoms with Crippen LogP contribution >= 0.6 is 11.6 Å². The molecule has 0 saturated carbocycles. The number of nitrogens with one attached hydrogen (secondary N) is 2. The van der Waals surface area contributed by atoms with Crippen molar-refractivity contribution in [2.45, 2.75) is 6.92 Å². The molecule has 0 atom stereocenters. The third-order valence-corrected chi connectivity index (χ3v) is 3.06. The van der Waals surface area contributed by atoms with Crippen LogP contribution in [-0.4, -0.2) is 13.1 Å². The molecule has 20 heavy (non-hydrogen) atoms. The van der Waals surface area contributed by atoms with Crippen molar-refractivity contribution >= 4 is 29.0 Å². The van der Waals surface area contributed by atoms with Crippen LogP contribution in [0.15, 0.2) is 42.5 Å². The van der Waals surface area contributed by atoms with E-state index in [1.807, 2.05) is 19.1 Å². The molecular formula is C15H15ClN2O2. The van der Waals surface area contributed by atoms with Gasteiger partial charge in [-0.25, -0.2) is 4.79 Å². The minimum atomic E-state index is -0.375. The maximum Gasteiger partial charge on any atom is 0.323 e. The summed E-state index contributed by atoms with van der Waals surface area (Å²) >= 11 is 5.98. The number of hydrogen-bond acceptors (Lipinski definition) is 2. The minimum Gasteiger partial charge on any atom is -0.495 e. The first kappa shape index (κ1) is 14.2. The van der Waals surface area contributed by atoms with E-state index < -0.39 is 0 Å². The molecule has 4 nitrogen and oxygen atoms in total. The molecule has 2 aromatic carbocycles. The predicted molar refractivity (Wildman–Crippen MR) is 81.8 cm³/mol. The van der Waals surface area contributed by atoms with E-state index in [4.69, 9.17) is 16.3 Å². The molecule has 0 fully saturated rings. The van der Waals surface area contributed by atoms with E-state index >= 15 is 0 Å². The summed E-state index contributed by atoms with van der Waals surface area (Å²) in [6.07, 6.45) is 0. The van der Waals surface area contributed by atoms with Crippen LogP contribution in [0.3, 0.4) is 0 Å². The molecule has 0 aliphatic rings. The number of benzene rings is 2. The molecule has 104 valence electrons. The number of ether oxygens (including phenoxy) is 1. The van der Waals surface area contributed by atoms with Gasteiger partial charge < -0.3 is 15.4 Å². The quantitative estimate of drug-likeness (QED) is 0.885. The highest BCUT2D eigenvalue weighted by Gasteiger charge is 2.09. The Kier molecular flexibility index (Phi) is 4.48. The number of hydrogen-bond donors (Lipinski definition) is 2. The lowest BCUT2D eigenvalue weighted by atomic mass is 10.2. The Morgan fingerprint density at radius 1 is 1.10 bits per heavy atom. The number of amides is 2. The summed E-state index contributed by atoms with van der Waals surface area (Å²) in [6.45, 7) is 1.95. The van der Waals surface area contributed by atoms with Crippen molar-refractivity contribution in [2.24, 2.45) is 0 Å². The molecule has 0 saturated heterocycles. The smallest absolute Gasteiger partial charge is 0.323 e. The number of para-hydroxylation sites is 1. The van der Waals surface area contributed by atoms with Gasteiger partial charge in [-0.2, -0.15) is 0 Å². The van der Waals surface area contributed by atoms with Gasteiger partial charge in [-0.3, -0.25) is 0 Å². The summed E-state index contributed by atoms with van der Waals surface area (Å²) in [5, 5.41) is 5.90. The first-order chi connectivity index (χ1) is 9.60. The van der Waals surface area contributed by atoms with Crippen LogP contribution < -0.4 is 15.4 Å². The lowest BCUT2D eigenvalue weighted by Gasteiger charge is -2.12. The summed E-state index contributed by atoms with van der Waals surface area (Å²) in [5.41, 5.74) is 2.21. The van der Waals surface area contributed by atoms with E-state index in [0.717, 1.165) is 5.56 Å². The van der Waals surface area contributed by atoms with E-state index in [-0.39, 0.29) is 6.03 Å². The average molecular weight is 291 g/mol. The summed E-state index contributed by atoms with van der Waals surface area (Å²) in [4.78, 5) is 12.0. The molecule has 0 spiro atoms. The van der Waals surface area contributed by atoms with Crippen LogP contribution in [0.2, 0.25) is 5.02 Å². The molecule has 0 bridgehead atoms. The summed E-state index contributed by atoms with van der Waals surface area (Å²) in [5.74, 6) is 0.610. The van der Waals surface area contributed by atoms with E-state index in [2.05, 4.69) is 10.6 Å². The number of carbonyl (C=O) groups excluding carboxylic acids is 1. The first-order valence-corrected chi connectivity index (χ1v) is 6.45. The van der Waals surface area contributed by atoms with Crippen LogP contribution in [0.25, 0.3) is 0 Å². The molecule has 0 heterocycles. The second kappa shape index (κ2) is 6.30. The van der Waals surface area contributed by atoms with Gasteiger partial charge in [0.15, 0.2) is 0 Å². The standard InChI is InChI=1S/C15H15ClN2O2/c1-10-7-8-13(14(9-10)20-2)18-15(19)17-12-6-4-3-5-11(12)16/h3-9H,1-2H3,(H2,17,18,19). The third-order valence-electron chi connectivity index (χ3n) is 2.73. The maximum absolute atomic E-state index is 12.0. The van der Waals surface area contributed by atoms with Crippen molar-refractivity contribution in [3.05, 3.63) is 53.1 Å². The van der Waals surface area contributed by atoms with Gasteiger partial charge in [0, 0.05) is 0 Å². The molecule has 0 unspecified atom stereocenters. The van der Waals surface area contributed by atoms with Gasteiger partial charge >= 0.3 is 6.03 Å². The van der Waals surface area contributed by atoms with Gasteiger partial charge in [-0.1, -0.05) is 29.8 Å². The second-order valence-electron chi connectivity index (χ2n) is 4.26. The van der Waals surface area contributed by atoms with Gasteiger partial charge in [-0.15, -0.1) is 0 Å². The minimum absolute atomic E-state index is 0.375. The molecule has 2 aromatic rings. The van der Waals surface area contributed by atoms with E-state index in [9.17, 15) is 4.79 Å². The Morgan fingerprint density at radius 2 is 1.80 bits per heavy atom. The Bertz CT molecular complexity index is 629. The SMILES string of the molecule is COc1cc(C)ccc1NC(=O)Nc1ccccc1Cl. The summed E-state index contributed by atoms with van der Waals surface area (Å²) < 4.78 is 5.23. The zero-order valence-electron chi connectivity index (χ0n) is 11.2. The monoisotopic (exact) mass is 290 g/mol. The number of urea groups is 1. The molecular weight excluding hydrogens is 276 g/mol. The fourth-order valence-corrected chi connectivity index (χ4v) is 1.92. The topological polar surface area (TPSA) is 50.4 Å². The van der Waals surface area contributed by atoms with Crippen molar-refractivity contribution in [1.29, 1.82) is 0 Å². The Hall–Kier alpha value is -2.20. The van der Waals surface area contributed by atoms with Crippen molar-refractivity contribution < 1.29 is 9.53 Å². The first-order valence-electron chi connectivity index (χ1n) is 6.07. The van der Waals surface area contributed by atoms with Gasteiger partial charge in [0.1, 0.15) is 5.75 Å². The molecule has 2 rings (SSSR count). The average Bonchev–Trinajstić information content (AvgIpc) is 2.43. The number of rotatable bonds is 3. The Balaban J connectivity index is 2.11. The number of aryl methyl sites for hydroxylation is 1. The van der Waals surface area contributed by atoms with Crippen LogP contribution in [-0.2, 0) is 0 Å². The zero-order valence-corrected chi connectivity index (χ0v) is 12.0.